The maximum absolute atomic E-state index is 9.90. The van der Waals surface area contributed by atoms with E-state index in [1.54, 1.807) is 18.2 Å². The summed E-state index contributed by atoms with van der Waals surface area (Å²) >= 11 is 0. The molecule has 0 saturated heterocycles. The fraction of sp³-hybridized carbons (Fsp3) is 0. The van der Waals surface area contributed by atoms with E-state index < -0.39 is 0 Å². The Kier molecular flexibility index (Phi) is 3.29. The molecule has 0 aliphatic rings. The Labute approximate surface area is 110 Å². The molecule has 0 unspecified atom stereocenters. The van der Waals surface area contributed by atoms with Crippen LogP contribution in [0.1, 0.15) is 5.56 Å². The number of hydrogen-bond acceptors (Lipinski definition) is 3. The van der Waals surface area contributed by atoms with Crippen LogP contribution in [-0.4, -0.2) is 15.3 Å². The van der Waals surface area contributed by atoms with Gasteiger partial charge < -0.3 is 15.3 Å². The average molecular weight is 254 g/mol. The summed E-state index contributed by atoms with van der Waals surface area (Å²) in [5.74, 6) is -0.253. The van der Waals surface area contributed by atoms with Crippen LogP contribution in [-0.2, 0) is 0 Å². The van der Waals surface area contributed by atoms with E-state index >= 15 is 0 Å². The van der Waals surface area contributed by atoms with Gasteiger partial charge in [-0.1, -0.05) is 37.4 Å². The highest BCUT2D eigenvalue weighted by molar-refractivity contribution is 5.79. The number of hydrogen-bond donors (Lipinski definition) is 3. The molecule has 0 radical (unpaired) electrons. The first-order valence-electron chi connectivity index (χ1n) is 5.69. The lowest BCUT2D eigenvalue weighted by Gasteiger charge is -2.09. The number of aliphatic hydroxyl groups is 1. The Bertz CT molecular complexity index is 745. The lowest BCUT2D eigenvalue weighted by molar-refractivity contribution is 0.436. The normalized spacial score (nSPS) is 12.0. The Morgan fingerprint density at radius 2 is 1.68 bits per heavy atom. The van der Waals surface area contributed by atoms with Crippen LogP contribution >= 0.6 is 0 Å². The van der Waals surface area contributed by atoms with Crippen molar-refractivity contribution >= 4 is 12.2 Å². The Balaban J connectivity index is 2.92. The van der Waals surface area contributed by atoms with E-state index in [4.69, 9.17) is 0 Å². The minimum Gasteiger partial charge on any atom is -0.508 e. The summed E-state index contributed by atoms with van der Waals surface area (Å²) in [6, 6.07) is 11.3. The molecule has 0 aromatic heterocycles. The number of phenolic OH excluding ortho intramolecular Hbond substituents is 2. The number of aromatic hydroxyl groups is 2. The zero-order chi connectivity index (χ0) is 14.0. The predicted octanol–water partition coefficient (Wildman–Crippen LogP) is 1.78. The molecular weight excluding hydrogens is 240 g/mol. The first kappa shape index (κ1) is 12.8. The van der Waals surface area contributed by atoms with Gasteiger partial charge in [0.15, 0.2) is 0 Å². The molecule has 0 saturated carbocycles. The number of allylic oxidation sites excluding steroid dienone is 1. The van der Waals surface area contributed by atoms with Gasteiger partial charge in [0.25, 0.3) is 0 Å². The first-order chi connectivity index (χ1) is 9.00. The second-order valence-electron chi connectivity index (χ2n) is 4.18. The van der Waals surface area contributed by atoms with Crippen molar-refractivity contribution in [3.8, 4) is 11.5 Å². The fourth-order valence-electron chi connectivity index (χ4n) is 1.94. The van der Waals surface area contributed by atoms with Crippen LogP contribution in [0.5, 0.6) is 11.5 Å². The predicted molar refractivity (Wildman–Crippen MR) is 75.3 cm³/mol. The molecule has 0 amide bonds. The van der Waals surface area contributed by atoms with Gasteiger partial charge in [-0.05, 0) is 28.6 Å². The van der Waals surface area contributed by atoms with Gasteiger partial charge in [0.05, 0.1) is 0 Å². The molecule has 3 N–H and O–H groups in total. The summed E-state index contributed by atoms with van der Waals surface area (Å²) in [6.07, 6.45) is 0. The van der Waals surface area contributed by atoms with E-state index in [1.165, 1.54) is 18.2 Å². The number of phenols is 2. The number of aliphatic hydroxyl groups excluding tert-OH is 1. The summed E-state index contributed by atoms with van der Waals surface area (Å²) < 4.78 is 0. The molecule has 0 atom stereocenters. The van der Waals surface area contributed by atoms with Crippen molar-refractivity contribution in [1.29, 1.82) is 0 Å². The lowest BCUT2D eigenvalue weighted by Crippen LogP contribution is -2.26. The van der Waals surface area contributed by atoms with Crippen LogP contribution in [0.25, 0.3) is 12.2 Å². The Morgan fingerprint density at radius 3 is 2.32 bits per heavy atom. The topological polar surface area (TPSA) is 60.7 Å². The molecule has 0 heterocycles. The fourth-order valence-corrected chi connectivity index (χ4v) is 1.94. The summed E-state index contributed by atoms with van der Waals surface area (Å²) in [5, 5.41) is 30.6. The molecular formula is C16H14O3. The van der Waals surface area contributed by atoms with E-state index in [1.807, 2.05) is 6.07 Å². The maximum atomic E-state index is 9.90. The van der Waals surface area contributed by atoms with Gasteiger partial charge in [0.1, 0.15) is 17.3 Å². The summed E-state index contributed by atoms with van der Waals surface area (Å²) in [5.41, 5.74) is 0.655. The molecule has 3 nitrogen and oxygen atoms in total. The van der Waals surface area contributed by atoms with Gasteiger partial charge in [-0.3, -0.25) is 0 Å². The molecule has 0 spiro atoms. The Morgan fingerprint density at radius 1 is 1.00 bits per heavy atom. The zero-order valence-electron chi connectivity index (χ0n) is 10.3. The van der Waals surface area contributed by atoms with E-state index in [0.717, 1.165) is 0 Å². The molecule has 2 aromatic carbocycles. The summed E-state index contributed by atoms with van der Waals surface area (Å²) in [7, 11) is 0. The smallest absolute Gasteiger partial charge is 0.123 e. The molecule has 0 bridgehead atoms. The SMILES string of the molecule is C=C(O)/C(c1cc(O)ccc1O)=c1/ccccc1=C. The van der Waals surface area contributed by atoms with Crippen LogP contribution in [0.4, 0.5) is 0 Å². The van der Waals surface area contributed by atoms with Crippen molar-refractivity contribution in [2.45, 2.75) is 0 Å². The third-order valence-corrected chi connectivity index (χ3v) is 2.82. The van der Waals surface area contributed by atoms with Crippen molar-refractivity contribution in [3.05, 3.63) is 70.8 Å². The van der Waals surface area contributed by atoms with Gasteiger partial charge in [0.2, 0.25) is 0 Å². The van der Waals surface area contributed by atoms with Crippen molar-refractivity contribution in [1.82, 2.24) is 0 Å². The van der Waals surface area contributed by atoms with E-state index in [9.17, 15) is 15.3 Å². The third kappa shape index (κ3) is 2.45. The van der Waals surface area contributed by atoms with Crippen LogP contribution in [0.3, 0.4) is 0 Å². The van der Waals surface area contributed by atoms with Crippen LogP contribution in [0.2, 0.25) is 0 Å². The number of benzene rings is 2. The zero-order valence-corrected chi connectivity index (χ0v) is 10.3. The number of rotatable bonds is 2. The molecule has 96 valence electrons. The van der Waals surface area contributed by atoms with Gasteiger partial charge in [0, 0.05) is 11.1 Å². The molecule has 19 heavy (non-hydrogen) atoms. The van der Waals surface area contributed by atoms with Crippen LogP contribution < -0.4 is 10.4 Å². The van der Waals surface area contributed by atoms with E-state index in [-0.39, 0.29) is 17.3 Å². The first-order valence-corrected chi connectivity index (χ1v) is 5.69. The molecule has 0 fully saturated rings. The second kappa shape index (κ2) is 4.90. The molecule has 2 aromatic rings. The van der Waals surface area contributed by atoms with Crippen LogP contribution in [0.15, 0.2) is 54.8 Å². The van der Waals surface area contributed by atoms with Crippen molar-refractivity contribution in [3.63, 3.8) is 0 Å². The van der Waals surface area contributed by atoms with Gasteiger partial charge in [-0.2, -0.15) is 0 Å². The summed E-state index contributed by atoms with van der Waals surface area (Å²) in [6.45, 7) is 7.40. The van der Waals surface area contributed by atoms with E-state index in [0.29, 0.717) is 21.6 Å². The summed E-state index contributed by atoms with van der Waals surface area (Å²) in [4.78, 5) is 0. The van der Waals surface area contributed by atoms with Gasteiger partial charge in [-0.25, -0.2) is 0 Å². The second-order valence-corrected chi connectivity index (χ2v) is 4.18. The van der Waals surface area contributed by atoms with Gasteiger partial charge >= 0.3 is 0 Å². The van der Waals surface area contributed by atoms with Crippen molar-refractivity contribution in [2.24, 2.45) is 0 Å². The largest absolute Gasteiger partial charge is 0.508 e. The monoisotopic (exact) mass is 254 g/mol. The lowest BCUT2D eigenvalue weighted by atomic mass is 9.99. The molecule has 3 heteroatoms. The molecule has 0 aliphatic heterocycles. The average Bonchev–Trinajstić information content (AvgIpc) is 2.36. The quantitative estimate of drug-likeness (QED) is 0.565. The van der Waals surface area contributed by atoms with Crippen molar-refractivity contribution in [2.75, 3.05) is 0 Å². The highest BCUT2D eigenvalue weighted by Crippen LogP contribution is 2.29. The van der Waals surface area contributed by atoms with Crippen molar-refractivity contribution < 1.29 is 15.3 Å². The minimum atomic E-state index is -0.197. The standard InChI is InChI=1S/C16H14O3/c1-10-5-3-4-6-13(10)16(11(2)17)14-9-12(18)7-8-15(14)19/h3-9,17-19H,1-2H2/b16-13+. The van der Waals surface area contributed by atoms with E-state index in [2.05, 4.69) is 13.2 Å². The highest BCUT2D eigenvalue weighted by Gasteiger charge is 2.12. The minimum absolute atomic E-state index is 0.00640. The highest BCUT2D eigenvalue weighted by atomic mass is 16.3. The third-order valence-electron chi connectivity index (χ3n) is 2.82. The van der Waals surface area contributed by atoms with Gasteiger partial charge in [-0.15, -0.1) is 0 Å². The van der Waals surface area contributed by atoms with Crippen LogP contribution in [0, 0.1) is 0 Å². The maximum Gasteiger partial charge on any atom is 0.123 e. The Hall–Kier alpha value is -2.68. The molecule has 0 aliphatic carbocycles. The molecule has 2 rings (SSSR count).